The number of amides is 2. The molecule has 1 heterocycles. The monoisotopic (exact) mass is 566 g/mol. The van der Waals surface area contributed by atoms with Crippen LogP contribution < -0.4 is 16.4 Å². The van der Waals surface area contributed by atoms with E-state index in [4.69, 9.17) is 21.8 Å². The molecule has 9 nitrogen and oxygen atoms in total. The van der Waals surface area contributed by atoms with Crippen LogP contribution in [0.15, 0.2) is 28.8 Å². The molecule has 1 aromatic carbocycles. The summed E-state index contributed by atoms with van der Waals surface area (Å²) in [4.78, 5) is 40.9. The van der Waals surface area contributed by atoms with E-state index in [1.165, 1.54) is 19.1 Å². The normalized spacial score (nSPS) is 13.9. The van der Waals surface area contributed by atoms with E-state index in [1.54, 1.807) is 0 Å². The number of aromatic nitrogens is 1. The number of nitrogens with two attached hydrogens (primary N) is 1. The minimum absolute atomic E-state index is 0.0144. The molecule has 3 atom stereocenters. The van der Waals surface area contributed by atoms with Gasteiger partial charge in [-0.3, -0.25) is 14.4 Å². The first-order chi connectivity index (χ1) is 17.2. The van der Waals surface area contributed by atoms with Gasteiger partial charge in [-0.1, -0.05) is 23.8 Å². The maximum atomic E-state index is 13.7. The molecule has 202 valence electrons. The van der Waals surface area contributed by atoms with Crippen LogP contribution in [0.3, 0.4) is 0 Å². The number of hydrogen-bond acceptors (Lipinski definition) is 7. The van der Waals surface area contributed by atoms with E-state index in [2.05, 4.69) is 27.8 Å². The summed E-state index contributed by atoms with van der Waals surface area (Å²) in [7, 11) is 0. The maximum Gasteiger partial charge on any atom is 0.389 e. The molecule has 0 aliphatic heterocycles. The summed E-state index contributed by atoms with van der Waals surface area (Å²) in [6.07, 6.45) is -6.84. The van der Waals surface area contributed by atoms with Crippen LogP contribution in [-0.2, 0) is 9.59 Å². The Kier molecular flexibility index (Phi) is 10.5. The molecule has 0 aliphatic rings. The molecule has 0 fully saturated rings. The number of alkyl halides is 3. The first-order valence-corrected chi connectivity index (χ1v) is 11.6. The lowest BCUT2D eigenvalue weighted by Crippen LogP contribution is -2.53. The van der Waals surface area contributed by atoms with Crippen molar-refractivity contribution < 1.29 is 41.5 Å². The van der Waals surface area contributed by atoms with Gasteiger partial charge in [0.1, 0.15) is 16.8 Å². The Labute approximate surface area is 218 Å². The summed E-state index contributed by atoms with van der Waals surface area (Å²) in [6.45, 7) is 1.42. The quantitative estimate of drug-likeness (QED) is 0.226. The van der Waals surface area contributed by atoms with E-state index in [9.17, 15) is 37.1 Å². The number of aliphatic hydroxyl groups excluding tert-OH is 1. The molecule has 37 heavy (non-hydrogen) atoms. The number of nitrogens with one attached hydrogen (secondary N) is 2. The van der Waals surface area contributed by atoms with E-state index in [0.29, 0.717) is 0 Å². The fourth-order valence-electron chi connectivity index (χ4n) is 3.07. The summed E-state index contributed by atoms with van der Waals surface area (Å²) < 4.78 is 57.1. The molecule has 0 aliphatic carbocycles. The van der Waals surface area contributed by atoms with Crippen molar-refractivity contribution in [1.82, 2.24) is 15.6 Å². The summed E-state index contributed by atoms with van der Waals surface area (Å²) in [5.74, 6) is -4.27. The van der Waals surface area contributed by atoms with Crippen LogP contribution in [0.25, 0.3) is 11.5 Å². The average molecular weight is 567 g/mol. The molecule has 2 rings (SSSR count). The van der Waals surface area contributed by atoms with E-state index in [-0.39, 0.29) is 35.1 Å². The lowest BCUT2D eigenvalue weighted by molar-refractivity contribution is -0.140. The molecule has 0 bridgehead atoms. The van der Waals surface area contributed by atoms with Crippen molar-refractivity contribution in [2.45, 2.75) is 57.0 Å². The van der Waals surface area contributed by atoms with E-state index in [1.807, 2.05) is 0 Å². The second kappa shape index (κ2) is 12.9. The number of thiocarbonyl (C=S) groups is 1. The fraction of sp³-hybridized carbons (Fsp3) is 0.409. The Morgan fingerprint density at radius 2 is 1.86 bits per heavy atom. The second-order valence-corrected chi connectivity index (χ2v) is 8.90. The standard InChI is InChI=1S/C22H23ClF4N4O5S/c1-10(32)2-5-15(19(34)30-14(17(33)18(28)37)6-7-22(25,26)27)31-20(35)16-9-29-21(36-16)11-3-4-12(23)13(24)8-11/h3-4,8-10,14-15,32H,2,5-7H2,1H3,(H2,28,37)(H,30,34)(H,31,35)/t10?,14-,15-/m0/s1. The largest absolute Gasteiger partial charge is 0.431 e. The topological polar surface area (TPSA) is 148 Å². The van der Waals surface area contributed by atoms with Crippen LogP contribution in [0, 0.1) is 5.82 Å². The van der Waals surface area contributed by atoms with E-state index >= 15 is 0 Å². The summed E-state index contributed by atoms with van der Waals surface area (Å²) in [6, 6.07) is 0.619. The molecule has 0 spiro atoms. The predicted molar refractivity (Wildman–Crippen MR) is 128 cm³/mol. The second-order valence-electron chi connectivity index (χ2n) is 8.05. The number of benzene rings is 1. The zero-order valence-electron chi connectivity index (χ0n) is 19.3. The van der Waals surface area contributed by atoms with Gasteiger partial charge >= 0.3 is 6.18 Å². The minimum atomic E-state index is -4.61. The van der Waals surface area contributed by atoms with Crippen molar-refractivity contribution in [3.05, 3.63) is 41.0 Å². The van der Waals surface area contributed by atoms with Crippen molar-refractivity contribution in [3.63, 3.8) is 0 Å². The lowest BCUT2D eigenvalue weighted by Gasteiger charge is -2.23. The first-order valence-electron chi connectivity index (χ1n) is 10.8. The zero-order chi connectivity index (χ0) is 27.9. The van der Waals surface area contributed by atoms with Gasteiger partial charge in [-0.15, -0.1) is 0 Å². The number of rotatable bonds is 12. The Morgan fingerprint density at radius 1 is 1.19 bits per heavy atom. The van der Waals surface area contributed by atoms with Gasteiger partial charge in [-0.2, -0.15) is 13.2 Å². The number of carbonyl (C=O) groups excluding carboxylic acids is 3. The molecule has 0 saturated heterocycles. The highest BCUT2D eigenvalue weighted by Gasteiger charge is 2.33. The van der Waals surface area contributed by atoms with Crippen molar-refractivity contribution in [2.75, 3.05) is 0 Å². The zero-order valence-corrected chi connectivity index (χ0v) is 20.8. The predicted octanol–water partition coefficient (Wildman–Crippen LogP) is 3.08. The van der Waals surface area contributed by atoms with Crippen molar-refractivity contribution in [1.29, 1.82) is 0 Å². The number of carbonyl (C=O) groups is 3. The third-order valence-electron chi connectivity index (χ3n) is 4.98. The highest BCUT2D eigenvalue weighted by molar-refractivity contribution is 7.82. The van der Waals surface area contributed by atoms with Crippen LogP contribution in [0.4, 0.5) is 17.6 Å². The van der Waals surface area contributed by atoms with Crippen LogP contribution in [0.1, 0.15) is 43.2 Å². The highest BCUT2D eigenvalue weighted by atomic mass is 35.5. The van der Waals surface area contributed by atoms with Gasteiger partial charge in [-0.05, 0) is 44.4 Å². The van der Waals surface area contributed by atoms with Crippen molar-refractivity contribution >= 4 is 46.4 Å². The summed E-state index contributed by atoms with van der Waals surface area (Å²) >= 11 is 10.2. The summed E-state index contributed by atoms with van der Waals surface area (Å²) in [5, 5.41) is 13.9. The molecular formula is C22H23ClF4N4O5S. The number of Topliss-reactive ketones (excluding diaryl/α,β-unsaturated/α-hetero) is 1. The Bertz CT molecular complexity index is 1160. The SMILES string of the molecule is CC(O)CC[C@H](NC(=O)c1cnc(-c2ccc(Cl)c(F)c2)o1)C(=O)N[C@@H](CCC(F)(F)F)C(=O)C(N)=S. The van der Waals surface area contributed by atoms with Gasteiger partial charge in [0.15, 0.2) is 0 Å². The molecule has 15 heteroatoms. The van der Waals surface area contributed by atoms with Gasteiger partial charge in [0.05, 0.1) is 23.4 Å². The average Bonchev–Trinajstić information content (AvgIpc) is 3.30. The molecule has 0 saturated carbocycles. The Balaban J connectivity index is 2.20. The Morgan fingerprint density at radius 3 is 2.43 bits per heavy atom. The minimum Gasteiger partial charge on any atom is -0.431 e. The van der Waals surface area contributed by atoms with Crippen molar-refractivity contribution in [3.8, 4) is 11.5 Å². The molecule has 2 aromatic rings. The van der Waals surface area contributed by atoms with E-state index < -0.39 is 65.6 Å². The number of ketones is 1. The first kappa shape index (κ1) is 30.1. The number of hydrogen-bond donors (Lipinski definition) is 4. The van der Waals surface area contributed by atoms with Gasteiger partial charge in [0.2, 0.25) is 23.3 Å². The van der Waals surface area contributed by atoms with Crippen molar-refractivity contribution in [2.24, 2.45) is 5.73 Å². The summed E-state index contributed by atoms with van der Waals surface area (Å²) in [5.41, 5.74) is 5.42. The lowest BCUT2D eigenvalue weighted by atomic mass is 10.0. The Hall–Kier alpha value is -3.10. The van der Waals surface area contributed by atoms with Gasteiger partial charge in [0, 0.05) is 12.0 Å². The van der Waals surface area contributed by atoms with Crippen LogP contribution in [0.2, 0.25) is 5.02 Å². The molecule has 2 amide bonds. The molecule has 5 N–H and O–H groups in total. The van der Waals surface area contributed by atoms with Gasteiger partial charge in [-0.25, -0.2) is 9.37 Å². The number of nitrogens with zero attached hydrogens (tertiary/aromatic N) is 1. The number of aliphatic hydroxyl groups is 1. The van der Waals surface area contributed by atoms with E-state index in [0.717, 1.165) is 12.3 Å². The van der Waals surface area contributed by atoms with Gasteiger partial charge < -0.3 is 25.9 Å². The highest BCUT2D eigenvalue weighted by Crippen LogP contribution is 2.25. The number of halogens is 5. The third-order valence-corrected chi connectivity index (χ3v) is 5.49. The maximum absolute atomic E-state index is 13.7. The van der Waals surface area contributed by atoms with Crippen LogP contribution in [0.5, 0.6) is 0 Å². The molecule has 0 radical (unpaired) electrons. The third kappa shape index (κ3) is 9.37. The van der Waals surface area contributed by atoms with Gasteiger partial charge in [0.25, 0.3) is 5.91 Å². The molecule has 1 aromatic heterocycles. The number of oxazole rings is 1. The smallest absolute Gasteiger partial charge is 0.389 e. The molecular weight excluding hydrogens is 544 g/mol. The fourth-order valence-corrected chi connectivity index (χ4v) is 3.33. The van der Waals surface area contributed by atoms with Crippen LogP contribution >= 0.6 is 23.8 Å². The molecule has 1 unspecified atom stereocenters. The van der Waals surface area contributed by atoms with Crippen LogP contribution in [-0.4, -0.2) is 57.0 Å².